The Kier molecular flexibility index (Phi) is 3.32. The summed E-state index contributed by atoms with van der Waals surface area (Å²) in [5.74, 6) is -0.649. The van der Waals surface area contributed by atoms with Gasteiger partial charge in [0.2, 0.25) is 0 Å². The van der Waals surface area contributed by atoms with Gasteiger partial charge in [0.05, 0.1) is 10.6 Å². The van der Waals surface area contributed by atoms with Gasteiger partial charge in [-0.1, -0.05) is 11.6 Å². The Labute approximate surface area is 85.8 Å². The highest BCUT2D eigenvalue weighted by molar-refractivity contribution is 6.33. The number of nitriles is 1. The molecule has 1 aromatic carbocycles. The second-order valence-corrected chi connectivity index (χ2v) is 2.88. The van der Waals surface area contributed by atoms with Gasteiger partial charge in [-0.2, -0.15) is 5.26 Å². The molecule has 0 aliphatic carbocycles. The van der Waals surface area contributed by atoms with E-state index in [1.54, 1.807) is 12.1 Å². The highest BCUT2D eigenvalue weighted by Crippen LogP contribution is 2.19. The standard InChI is InChI=1S/C9H7ClN2O2/c10-8-2-1-6(12)5-7(8)9(13)14-4-3-11/h1-2,5H,4,12H2. The maximum absolute atomic E-state index is 11.3. The average Bonchev–Trinajstić information content (AvgIpc) is 2.18. The molecule has 1 aromatic rings. The number of carbonyl (C=O) groups excluding carboxylic acids is 1. The average molecular weight is 211 g/mol. The van der Waals surface area contributed by atoms with E-state index >= 15 is 0 Å². The summed E-state index contributed by atoms with van der Waals surface area (Å²) in [5.41, 5.74) is 6.05. The number of carbonyl (C=O) groups is 1. The van der Waals surface area contributed by atoms with Gasteiger partial charge in [0.25, 0.3) is 0 Å². The molecule has 1 rings (SSSR count). The summed E-state index contributed by atoms with van der Waals surface area (Å²) in [7, 11) is 0. The van der Waals surface area contributed by atoms with Crippen molar-refractivity contribution in [3.63, 3.8) is 0 Å². The molecule has 0 unspecified atom stereocenters. The number of nitrogen functional groups attached to an aromatic ring is 1. The molecule has 0 saturated heterocycles. The summed E-state index contributed by atoms with van der Waals surface area (Å²) < 4.78 is 4.57. The molecule has 4 nitrogen and oxygen atoms in total. The number of nitrogens with two attached hydrogens (primary N) is 1. The third-order valence-electron chi connectivity index (χ3n) is 1.48. The van der Waals surface area contributed by atoms with Crippen LogP contribution in [0.2, 0.25) is 5.02 Å². The van der Waals surface area contributed by atoms with Crippen LogP contribution < -0.4 is 5.73 Å². The summed E-state index contributed by atoms with van der Waals surface area (Å²) in [4.78, 5) is 11.3. The normalized spacial score (nSPS) is 9.14. The van der Waals surface area contributed by atoms with Gasteiger partial charge in [-0.15, -0.1) is 0 Å². The van der Waals surface area contributed by atoms with Crippen LogP contribution in [0.4, 0.5) is 5.69 Å². The lowest BCUT2D eigenvalue weighted by atomic mass is 10.2. The van der Waals surface area contributed by atoms with Crippen molar-refractivity contribution in [2.24, 2.45) is 0 Å². The molecule has 0 aromatic heterocycles. The molecule has 72 valence electrons. The summed E-state index contributed by atoms with van der Waals surface area (Å²) in [6.07, 6.45) is 0. The number of ether oxygens (including phenoxy) is 1. The molecule has 0 aliphatic rings. The fraction of sp³-hybridized carbons (Fsp3) is 0.111. The van der Waals surface area contributed by atoms with E-state index in [9.17, 15) is 4.79 Å². The second kappa shape index (κ2) is 4.49. The number of benzene rings is 1. The van der Waals surface area contributed by atoms with Gasteiger partial charge >= 0.3 is 5.97 Å². The van der Waals surface area contributed by atoms with E-state index in [2.05, 4.69) is 4.74 Å². The van der Waals surface area contributed by atoms with E-state index in [-0.39, 0.29) is 17.2 Å². The van der Waals surface area contributed by atoms with Crippen LogP contribution in [-0.2, 0) is 4.74 Å². The summed E-state index contributed by atoms with van der Waals surface area (Å²) in [6, 6.07) is 6.16. The number of esters is 1. The summed E-state index contributed by atoms with van der Waals surface area (Å²) >= 11 is 5.73. The number of rotatable bonds is 2. The van der Waals surface area contributed by atoms with Crippen LogP contribution in [0, 0.1) is 11.3 Å². The number of hydrogen-bond donors (Lipinski definition) is 1. The minimum atomic E-state index is -0.649. The number of nitrogens with zero attached hydrogens (tertiary/aromatic N) is 1. The molecule has 0 spiro atoms. The highest BCUT2D eigenvalue weighted by atomic mass is 35.5. The maximum Gasteiger partial charge on any atom is 0.340 e. The zero-order valence-electron chi connectivity index (χ0n) is 7.16. The molecule has 0 bridgehead atoms. The first-order chi connectivity index (χ1) is 6.65. The monoisotopic (exact) mass is 210 g/mol. The fourth-order valence-corrected chi connectivity index (χ4v) is 1.07. The van der Waals surface area contributed by atoms with Crippen LogP contribution in [0.5, 0.6) is 0 Å². The first kappa shape index (κ1) is 10.4. The molecule has 0 saturated carbocycles. The van der Waals surface area contributed by atoms with Crippen molar-refractivity contribution in [2.45, 2.75) is 0 Å². The molecule has 5 heteroatoms. The highest BCUT2D eigenvalue weighted by Gasteiger charge is 2.11. The fourth-order valence-electron chi connectivity index (χ4n) is 0.875. The van der Waals surface area contributed by atoms with E-state index in [1.165, 1.54) is 12.1 Å². The van der Waals surface area contributed by atoms with Crippen molar-refractivity contribution >= 4 is 23.3 Å². The van der Waals surface area contributed by atoms with Crippen LogP contribution in [0.3, 0.4) is 0 Å². The third-order valence-corrected chi connectivity index (χ3v) is 1.81. The van der Waals surface area contributed by atoms with Crippen molar-refractivity contribution in [3.05, 3.63) is 28.8 Å². The number of hydrogen-bond acceptors (Lipinski definition) is 4. The molecule has 0 heterocycles. The molecule has 0 fully saturated rings. The zero-order valence-corrected chi connectivity index (χ0v) is 7.91. The van der Waals surface area contributed by atoms with E-state index in [0.29, 0.717) is 5.69 Å². The molecule has 0 atom stereocenters. The Morgan fingerprint density at radius 2 is 2.36 bits per heavy atom. The summed E-state index contributed by atoms with van der Waals surface area (Å²) in [5, 5.41) is 8.45. The first-order valence-corrected chi connectivity index (χ1v) is 4.12. The van der Waals surface area contributed by atoms with Gasteiger partial charge in [-0.3, -0.25) is 0 Å². The first-order valence-electron chi connectivity index (χ1n) is 3.74. The van der Waals surface area contributed by atoms with Gasteiger partial charge in [0.1, 0.15) is 6.07 Å². The lowest BCUT2D eigenvalue weighted by Gasteiger charge is -2.03. The van der Waals surface area contributed by atoms with Crippen LogP contribution in [-0.4, -0.2) is 12.6 Å². The molecular formula is C9H7ClN2O2. The molecular weight excluding hydrogens is 204 g/mol. The van der Waals surface area contributed by atoms with E-state index in [1.807, 2.05) is 0 Å². The smallest absolute Gasteiger partial charge is 0.340 e. The SMILES string of the molecule is N#CCOC(=O)c1cc(N)ccc1Cl. The largest absolute Gasteiger partial charge is 0.447 e. The van der Waals surface area contributed by atoms with Gasteiger partial charge in [0, 0.05) is 5.69 Å². The minimum absolute atomic E-state index is 0.168. The maximum atomic E-state index is 11.3. The Morgan fingerprint density at radius 3 is 3.00 bits per heavy atom. The zero-order chi connectivity index (χ0) is 10.6. The van der Waals surface area contributed by atoms with Gasteiger partial charge in [0.15, 0.2) is 6.61 Å². The number of anilines is 1. The van der Waals surface area contributed by atoms with Crippen molar-refractivity contribution < 1.29 is 9.53 Å². The van der Waals surface area contributed by atoms with Crippen molar-refractivity contribution in [3.8, 4) is 6.07 Å². The molecule has 0 amide bonds. The lowest BCUT2D eigenvalue weighted by molar-refractivity contribution is 0.0555. The Balaban J connectivity index is 2.90. The third kappa shape index (κ3) is 2.38. The molecule has 2 N–H and O–H groups in total. The van der Waals surface area contributed by atoms with E-state index in [4.69, 9.17) is 22.6 Å². The van der Waals surface area contributed by atoms with Crippen molar-refractivity contribution in [1.82, 2.24) is 0 Å². The van der Waals surface area contributed by atoms with Gasteiger partial charge in [-0.05, 0) is 18.2 Å². The number of halogens is 1. The molecule has 14 heavy (non-hydrogen) atoms. The van der Waals surface area contributed by atoms with Crippen LogP contribution >= 0.6 is 11.6 Å². The Hall–Kier alpha value is -1.73. The van der Waals surface area contributed by atoms with Crippen LogP contribution in [0.25, 0.3) is 0 Å². The topological polar surface area (TPSA) is 76.1 Å². The predicted molar refractivity (Wildman–Crippen MR) is 51.8 cm³/mol. The van der Waals surface area contributed by atoms with E-state index < -0.39 is 5.97 Å². The molecule has 0 radical (unpaired) electrons. The molecule has 0 aliphatic heterocycles. The van der Waals surface area contributed by atoms with E-state index in [0.717, 1.165) is 0 Å². The van der Waals surface area contributed by atoms with Crippen molar-refractivity contribution in [2.75, 3.05) is 12.3 Å². The Morgan fingerprint density at radius 1 is 1.64 bits per heavy atom. The van der Waals surface area contributed by atoms with Gasteiger partial charge in [-0.25, -0.2) is 4.79 Å². The second-order valence-electron chi connectivity index (χ2n) is 2.47. The predicted octanol–water partition coefficient (Wildman–Crippen LogP) is 1.60. The lowest BCUT2D eigenvalue weighted by Crippen LogP contribution is -2.06. The summed E-state index contributed by atoms with van der Waals surface area (Å²) in [6.45, 7) is -0.302. The quantitative estimate of drug-likeness (QED) is 0.594. The van der Waals surface area contributed by atoms with Crippen molar-refractivity contribution in [1.29, 1.82) is 5.26 Å². The Bertz CT molecular complexity index is 398. The van der Waals surface area contributed by atoms with Gasteiger partial charge < -0.3 is 10.5 Å². The minimum Gasteiger partial charge on any atom is -0.447 e. The van der Waals surface area contributed by atoms with Crippen LogP contribution in [0.1, 0.15) is 10.4 Å². The van der Waals surface area contributed by atoms with Crippen LogP contribution in [0.15, 0.2) is 18.2 Å².